The van der Waals surface area contributed by atoms with E-state index in [4.69, 9.17) is 0 Å². The fraction of sp³-hybridized carbons (Fsp3) is 0.200. The summed E-state index contributed by atoms with van der Waals surface area (Å²) in [5.74, 6) is 0. The van der Waals surface area contributed by atoms with Crippen molar-refractivity contribution in [1.29, 1.82) is 0 Å². The van der Waals surface area contributed by atoms with Gasteiger partial charge in [-0.15, -0.1) is 23.1 Å². The molecule has 2 aromatic rings. The number of thiophene rings is 1. The maximum atomic E-state index is 3.54. The number of alkyl halides is 1. The Balaban J connectivity index is 2.82. The fourth-order valence-corrected chi connectivity index (χ4v) is 4.63. The van der Waals surface area contributed by atoms with E-state index in [0.717, 1.165) is 5.33 Å². The molecule has 4 heteroatoms. The molecule has 0 amide bonds. The molecule has 0 nitrogen and oxygen atoms in total. The molecule has 1 aromatic carbocycles. The molecule has 0 N–H and O–H groups in total. The van der Waals surface area contributed by atoms with Crippen LogP contribution in [-0.2, 0) is 5.33 Å². The number of halogens is 2. The summed E-state index contributed by atoms with van der Waals surface area (Å²) in [5.41, 5.74) is 1.39. The first-order chi connectivity index (χ1) is 6.77. The van der Waals surface area contributed by atoms with Gasteiger partial charge in [0.25, 0.3) is 0 Å². The molecule has 0 aliphatic carbocycles. The summed E-state index contributed by atoms with van der Waals surface area (Å²) < 4.78 is 2.78. The lowest BCUT2D eigenvalue weighted by atomic mass is 10.1. The van der Waals surface area contributed by atoms with Gasteiger partial charge in [-0.25, -0.2) is 0 Å². The van der Waals surface area contributed by atoms with Crippen molar-refractivity contribution in [2.75, 3.05) is 6.26 Å². The minimum atomic E-state index is 0.935. The highest BCUT2D eigenvalue weighted by Crippen LogP contribution is 2.37. The second-order valence-corrected chi connectivity index (χ2v) is 6.30. The molecule has 0 atom stereocenters. The fourth-order valence-electron chi connectivity index (χ4n) is 1.42. The Morgan fingerprint density at radius 3 is 2.93 bits per heavy atom. The standard InChI is InChI=1S/C10H8BrIS2/c1-13-8-5-14-10-7(12)3-2-6(4-11)9(8)10/h2-3,5H,4H2,1H3. The zero-order valence-electron chi connectivity index (χ0n) is 7.51. The van der Waals surface area contributed by atoms with E-state index in [2.05, 4.69) is 62.3 Å². The molecule has 0 spiro atoms. The van der Waals surface area contributed by atoms with Gasteiger partial charge in [0, 0.05) is 29.3 Å². The van der Waals surface area contributed by atoms with Crippen LogP contribution in [0.1, 0.15) is 5.56 Å². The zero-order chi connectivity index (χ0) is 10.1. The van der Waals surface area contributed by atoms with Crippen LogP contribution in [-0.4, -0.2) is 6.26 Å². The van der Waals surface area contributed by atoms with Gasteiger partial charge in [0.1, 0.15) is 0 Å². The van der Waals surface area contributed by atoms with Crippen molar-refractivity contribution in [3.63, 3.8) is 0 Å². The SMILES string of the molecule is CSc1csc2c(I)ccc(CBr)c12. The van der Waals surface area contributed by atoms with Crippen LogP contribution in [0.15, 0.2) is 22.4 Å². The van der Waals surface area contributed by atoms with Crippen molar-refractivity contribution in [3.8, 4) is 0 Å². The lowest BCUT2D eigenvalue weighted by Crippen LogP contribution is -1.81. The molecule has 0 aliphatic heterocycles. The molecule has 0 fully saturated rings. The van der Waals surface area contributed by atoms with Gasteiger partial charge in [-0.3, -0.25) is 0 Å². The number of thioether (sulfide) groups is 1. The van der Waals surface area contributed by atoms with Gasteiger partial charge in [0.2, 0.25) is 0 Å². The van der Waals surface area contributed by atoms with Crippen LogP contribution in [0, 0.1) is 3.57 Å². The minimum absolute atomic E-state index is 0.935. The average Bonchev–Trinajstić information content (AvgIpc) is 2.63. The van der Waals surface area contributed by atoms with Crippen molar-refractivity contribution in [1.82, 2.24) is 0 Å². The molecule has 0 aliphatic rings. The summed E-state index contributed by atoms with van der Waals surface area (Å²) in [4.78, 5) is 1.40. The highest BCUT2D eigenvalue weighted by atomic mass is 127. The smallest absolute Gasteiger partial charge is 0.0490 e. The summed E-state index contributed by atoms with van der Waals surface area (Å²) in [5, 5.41) is 4.63. The molecule has 0 radical (unpaired) electrons. The highest BCUT2D eigenvalue weighted by Gasteiger charge is 2.09. The lowest BCUT2D eigenvalue weighted by molar-refractivity contribution is 1.46. The summed E-state index contributed by atoms with van der Waals surface area (Å²) in [7, 11) is 0. The van der Waals surface area contributed by atoms with Crippen molar-refractivity contribution in [3.05, 3.63) is 26.6 Å². The van der Waals surface area contributed by atoms with Crippen LogP contribution in [0.4, 0.5) is 0 Å². The Morgan fingerprint density at radius 1 is 1.50 bits per heavy atom. The molecule has 14 heavy (non-hydrogen) atoms. The van der Waals surface area contributed by atoms with Gasteiger partial charge < -0.3 is 0 Å². The Hall–Kier alpha value is 0.740. The number of fused-ring (bicyclic) bond motifs is 1. The summed E-state index contributed by atoms with van der Waals surface area (Å²) in [6.45, 7) is 0. The van der Waals surface area contributed by atoms with E-state index >= 15 is 0 Å². The molecule has 0 unspecified atom stereocenters. The molecular weight excluding hydrogens is 391 g/mol. The van der Waals surface area contributed by atoms with Crippen LogP contribution < -0.4 is 0 Å². The van der Waals surface area contributed by atoms with Crippen molar-refractivity contribution in [2.24, 2.45) is 0 Å². The van der Waals surface area contributed by atoms with Gasteiger partial charge in [-0.05, 0) is 40.5 Å². The van der Waals surface area contributed by atoms with E-state index in [0.29, 0.717) is 0 Å². The van der Waals surface area contributed by atoms with Crippen LogP contribution in [0.25, 0.3) is 10.1 Å². The summed E-state index contributed by atoms with van der Waals surface area (Å²) in [6.07, 6.45) is 2.14. The number of hydrogen-bond acceptors (Lipinski definition) is 2. The van der Waals surface area contributed by atoms with E-state index in [-0.39, 0.29) is 0 Å². The maximum absolute atomic E-state index is 3.54. The first-order valence-electron chi connectivity index (χ1n) is 4.06. The topological polar surface area (TPSA) is 0 Å². The minimum Gasteiger partial charge on any atom is -0.141 e. The highest BCUT2D eigenvalue weighted by molar-refractivity contribution is 14.1. The molecule has 1 heterocycles. The first-order valence-corrected chi connectivity index (χ1v) is 8.37. The number of hydrogen-bond donors (Lipinski definition) is 0. The van der Waals surface area contributed by atoms with Gasteiger partial charge in [-0.1, -0.05) is 22.0 Å². The number of benzene rings is 1. The molecular formula is C10H8BrIS2. The lowest BCUT2D eigenvalue weighted by Gasteiger charge is -2.02. The van der Waals surface area contributed by atoms with Crippen LogP contribution in [0.5, 0.6) is 0 Å². The predicted molar refractivity (Wildman–Crippen MR) is 79.0 cm³/mol. The zero-order valence-corrected chi connectivity index (χ0v) is 12.9. The summed E-state index contributed by atoms with van der Waals surface area (Å²) >= 11 is 9.63. The third kappa shape index (κ3) is 1.86. The second-order valence-electron chi connectivity index (χ2n) is 2.85. The Kier molecular flexibility index (Phi) is 3.79. The quantitative estimate of drug-likeness (QED) is 0.384. The third-order valence-corrected chi connectivity index (χ3v) is 5.88. The first kappa shape index (κ1) is 11.2. The van der Waals surface area contributed by atoms with E-state index in [1.54, 1.807) is 0 Å². The van der Waals surface area contributed by atoms with Crippen LogP contribution in [0.3, 0.4) is 0 Å². The average molecular weight is 399 g/mol. The predicted octanol–water partition coefficient (Wildman–Crippen LogP) is 5.12. The largest absolute Gasteiger partial charge is 0.141 e. The van der Waals surface area contributed by atoms with Crippen molar-refractivity contribution < 1.29 is 0 Å². The Morgan fingerprint density at radius 2 is 2.29 bits per heavy atom. The van der Waals surface area contributed by atoms with Crippen LogP contribution in [0.2, 0.25) is 0 Å². The second kappa shape index (κ2) is 4.72. The molecule has 1 aromatic heterocycles. The van der Waals surface area contributed by atoms with Gasteiger partial charge in [0.05, 0.1) is 0 Å². The van der Waals surface area contributed by atoms with Gasteiger partial charge >= 0.3 is 0 Å². The normalized spacial score (nSPS) is 11.1. The number of rotatable bonds is 2. The molecule has 0 saturated carbocycles. The monoisotopic (exact) mass is 398 g/mol. The molecule has 0 saturated heterocycles. The van der Waals surface area contributed by atoms with E-state index < -0.39 is 0 Å². The van der Waals surface area contributed by atoms with E-state index in [9.17, 15) is 0 Å². The van der Waals surface area contributed by atoms with E-state index in [1.165, 1.54) is 24.1 Å². The summed E-state index contributed by atoms with van der Waals surface area (Å²) in [6, 6.07) is 4.41. The Labute approximate surface area is 114 Å². The molecule has 74 valence electrons. The van der Waals surface area contributed by atoms with E-state index in [1.807, 2.05) is 23.1 Å². The molecule has 0 bridgehead atoms. The maximum Gasteiger partial charge on any atom is 0.0490 e. The third-order valence-electron chi connectivity index (χ3n) is 2.09. The van der Waals surface area contributed by atoms with Crippen molar-refractivity contribution in [2.45, 2.75) is 10.2 Å². The van der Waals surface area contributed by atoms with Gasteiger partial charge in [0.15, 0.2) is 0 Å². The van der Waals surface area contributed by atoms with Crippen LogP contribution >= 0.6 is 61.6 Å². The van der Waals surface area contributed by atoms with Gasteiger partial charge in [-0.2, -0.15) is 0 Å². The Bertz CT molecular complexity index is 464. The van der Waals surface area contributed by atoms with Crippen molar-refractivity contribution >= 4 is 71.7 Å². The molecule has 2 rings (SSSR count).